The highest BCUT2D eigenvalue weighted by Gasteiger charge is 2.26. The number of rotatable bonds is 3. The first-order valence-corrected chi connectivity index (χ1v) is 10.7. The van der Waals surface area contributed by atoms with E-state index in [1.807, 2.05) is 30.3 Å². The number of hydrogen-bond acceptors (Lipinski definition) is 3. The molecule has 0 bridgehead atoms. The Morgan fingerprint density at radius 3 is 2.36 bits per heavy atom. The van der Waals surface area contributed by atoms with Crippen LogP contribution in [0.1, 0.15) is 49.4 Å². The molecule has 0 aliphatic carbocycles. The molecule has 2 aromatic carbocycles. The van der Waals surface area contributed by atoms with Gasteiger partial charge in [0, 0.05) is 22.6 Å². The Morgan fingerprint density at radius 1 is 0.964 bits per heavy atom. The van der Waals surface area contributed by atoms with Crippen LogP contribution in [0, 0.1) is 34.6 Å². The average molecular weight is 392 g/mol. The summed E-state index contributed by atoms with van der Waals surface area (Å²) in [5.41, 5.74) is 9.56. The molecule has 4 rings (SSSR count). The molecule has 0 unspecified atom stereocenters. The standard InChI is InChI=1S/C23H25N3OS/c1-13-8-16(4)21(17(5)9-13)23(27)24-22-19-11-28-12-20(19)25-26(22)18-7-6-14(2)15(3)10-18/h6-10H,11-12H2,1-5H3,(H,24,27). The second-order valence-electron chi connectivity index (χ2n) is 7.67. The summed E-state index contributed by atoms with van der Waals surface area (Å²) in [4.78, 5) is 13.2. The quantitative estimate of drug-likeness (QED) is 0.649. The van der Waals surface area contributed by atoms with Crippen LogP contribution in [0.15, 0.2) is 30.3 Å². The minimum absolute atomic E-state index is 0.0697. The van der Waals surface area contributed by atoms with Crippen molar-refractivity contribution in [3.63, 3.8) is 0 Å². The van der Waals surface area contributed by atoms with E-state index >= 15 is 0 Å². The highest BCUT2D eigenvalue weighted by atomic mass is 32.2. The van der Waals surface area contributed by atoms with Crippen LogP contribution in [0.25, 0.3) is 5.69 Å². The normalized spacial score (nSPS) is 12.9. The van der Waals surface area contributed by atoms with E-state index in [0.717, 1.165) is 51.0 Å². The summed E-state index contributed by atoms with van der Waals surface area (Å²) in [6.07, 6.45) is 0. The molecule has 0 radical (unpaired) electrons. The molecule has 0 saturated heterocycles. The van der Waals surface area contributed by atoms with Gasteiger partial charge in [-0.1, -0.05) is 23.8 Å². The summed E-state index contributed by atoms with van der Waals surface area (Å²) in [6, 6.07) is 10.4. The summed E-state index contributed by atoms with van der Waals surface area (Å²) >= 11 is 1.84. The highest BCUT2D eigenvalue weighted by Crippen LogP contribution is 2.36. The molecule has 1 aliphatic heterocycles. The number of carbonyl (C=O) groups is 1. The molecule has 0 saturated carbocycles. The Hall–Kier alpha value is -2.53. The lowest BCUT2D eigenvalue weighted by atomic mass is 9.99. The first-order chi connectivity index (χ1) is 13.3. The van der Waals surface area contributed by atoms with E-state index in [1.165, 1.54) is 16.7 Å². The SMILES string of the molecule is Cc1cc(C)c(C(=O)Nc2c3c(nn2-c2ccc(C)c(C)c2)CSC3)c(C)c1. The van der Waals surface area contributed by atoms with Crippen LogP contribution in [0.5, 0.6) is 0 Å². The smallest absolute Gasteiger partial charge is 0.257 e. The van der Waals surface area contributed by atoms with Crippen LogP contribution in [-0.2, 0) is 11.5 Å². The van der Waals surface area contributed by atoms with Gasteiger partial charge in [-0.2, -0.15) is 16.9 Å². The van der Waals surface area contributed by atoms with Gasteiger partial charge in [-0.15, -0.1) is 0 Å². The van der Waals surface area contributed by atoms with E-state index in [1.54, 1.807) is 0 Å². The van der Waals surface area contributed by atoms with Crippen molar-refractivity contribution < 1.29 is 4.79 Å². The number of aromatic nitrogens is 2. The molecule has 5 heteroatoms. The Bertz CT molecular complexity index is 1070. The number of thioether (sulfide) groups is 1. The van der Waals surface area contributed by atoms with Crippen molar-refractivity contribution in [2.45, 2.75) is 46.1 Å². The molecule has 1 aromatic heterocycles. The van der Waals surface area contributed by atoms with Crippen molar-refractivity contribution in [2.24, 2.45) is 0 Å². The molecule has 2 heterocycles. The van der Waals surface area contributed by atoms with Crippen molar-refractivity contribution in [3.05, 3.63) is 75.0 Å². The van der Waals surface area contributed by atoms with E-state index < -0.39 is 0 Å². The van der Waals surface area contributed by atoms with Crippen molar-refractivity contribution in [1.29, 1.82) is 0 Å². The number of benzene rings is 2. The first kappa shape index (κ1) is 18.8. The van der Waals surface area contributed by atoms with Crippen LogP contribution in [-0.4, -0.2) is 15.7 Å². The molecule has 3 aromatic rings. The third kappa shape index (κ3) is 3.24. The Morgan fingerprint density at radius 2 is 1.68 bits per heavy atom. The summed E-state index contributed by atoms with van der Waals surface area (Å²) in [6.45, 7) is 10.2. The maximum atomic E-state index is 13.2. The van der Waals surface area contributed by atoms with Gasteiger partial charge in [0.2, 0.25) is 0 Å². The number of carbonyl (C=O) groups excluding carboxylic acids is 1. The number of nitrogens with one attached hydrogen (secondary N) is 1. The van der Waals surface area contributed by atoms with E-state index in [9.17, 15) is 4.79 Å². The van der Waals surface area contributed by atoms with Gasteiger partial charge in [0.05, 0.1) is 11.4 Å². The topological polar surface area (TPSA) is 46.9 Å². The van der Waals surface area contributed by atoms with Gasteiger partial charge in [-0.25, -0.2) is 4.68 Å². The summed E-state index contributed by atoms with van der Waals surface area (Å²) in [5, 5.41) is 8.01. The van der Waals surface area contributed by atoms with E-state index in [2.05, 4.69) is 56.4 Å². The lowest BCUT2D eigenvalue weighted by Crippen LogP contribution is -2.18. The van der Waals surface area contributed by atoms with E-state index in [0.29, 0.717) is 0 Å². The van der Waals surface area contributed by atoms with E-state index in [4.69, 9.17) is 5.10 Å². The molecule has 4 nitrogen and oxygen atoms in total. The van der Waals surface area contributed by atoms with Crippen LogP contribution < -0.4 is 5.32 Å². The lowest BCUT2D eigenvalue weighted by molar-refractivity contribution is 0.102. The molecular weight excluding hydrogens is 366 g/mol. The number of aryl methyl sites for hydroxylation is 5. The second-order valence-corrected chi connectivity index (χ2v) is 8.66. The van der Waals surface area contributed by atoms with Gasteiger partial charge in [-0.3, -0.25) is 4.79 Å². The van der Waals surface area contributed by atoms with Crippen molar-refractivity contribution >= 4 is 23.5 Å². The molecule has 144 valence electrons. The zero-order valence-corrected chi connectivity index (χ0v) is 17.8. The maximum absolute atomic E-state index is 13.2. The fourth-order valence-corrected chi connectivity index (χ4v) is 4.93. The third-order valence-corrected chi connectivity index (χ3v) is 6.39. The summed E-state index contributed by atoms with van der Waals surface area (Å²) < 4.78 is 1.90. The van der Waals surface area contributed by atoms with Crippen molar-refractivity contribution in [2.75, 3.05) is 5.32 Å². The number of amides is 1. The molecule has 0 spiro atoms. The Labute approximate surface area is 170 Å². The van der Waals surface area contributed by atoms with Crippen molar-refractivity contribution in [1.82, 2.24) is 9.78 Å². The number of hydrogen-bond donors (Lipinski definition) is 1. The van der Waals surface area contributed by atoms with Gasteiger partial charge < -0.3 is 5.32 Å². The highest BCUT2D eigenvalue weighted by molar-refractivity contribution is 7.98. The van der Waals surface area contributed by atoms with Crippen LogP contribution in [0.2, 0.25) is 0 Å². The van der Waals surface area contributed by atoms with E-state index in [-0.39, 0.29) is 5.91 Å². The van der Waals surface area contributed by atoms with Gasteiger partial charge in [0.1, 0.15) is 5.82 Å². The molecule has 1 amide bonds. The van der Waals surface area contributed by atoms with Gasteiger partial charge in [0.15, 0.2) is 0 Å². The summed E-state index contributed by atoms with van der Waals surface area (Å²) in [7, 11) is 0. The fraction of sp³-hybridized carbons (Fsp3) is 0.304. The average Bonchev–Trinajstić information content (AvgIpc) is 3.19. The molecule has 1 aliphatic rings. The van der Waals surface area contributed by atoms with Gasteiger partial charge >= 0.3 is 0 Å². The minimum atomic E-state index is -0.0697. The van der Waals surface area contributed by atoms with Gasteiger partial charge in [-0.05, 0) is 69.0 Å². The van der Waals surface area contributed by atoms with Crippen LogP contribution in [0.3, 0.4) is 0 Å². The lowest BCUT2D eigenvalue weighted by Gasteiger charge is -2.15. The van der Waals surface area contributed by atoms with Crippen molar-refractivity contribution in [3.8, 4) is 5.69 Å². The predicted molar refractivity (Wildman–Crippen MR) is 117 cm³/mol. The van der Waals surface area contributed by atoms with Gasteiger partial charge in [0.25, 0.3) is 5.91 Å². The molecular formula is C23H25N3OS. The fourth-order valence-electron chi connectivity index (χ4n) is 3.89. The molecule has 0 atom stereocenters. The minimum Gasteiger partial charge on any atom is -0.306 e. The zero-order valence-electron chi connectivity index (χ0n) is 17.0. The monoisotopic (exact) mass is 391 g/mol. The largest absolute Gasteiger partial charge is 0.306 e. The molecule has 28 heavy (non-hydrogen) atoms. The van der Waals surface area contributed by atoms with Crippen LogP contribution in [0.4, 0.5) is 5.82 Å². The second kappa shape index (κ2) is 7.13. The molecule has 0 fully saturated rings. The zero-order chi connectivity index (χ0) is 20.0. The van der Waals surface area contributed by atoms with Crippen LogP contribution >= 0.6 is 11.8 Å². The predicted octanol–water partition coefficient (Wildman–Crippen LogP) is 5.41. The Kier molecular flexibility index (Phi) is 4.79. The third-order valence-electron chi connectivity index (χ3n) is 5.42. The first-order valence-electron chi connectivity index (χ1n) is 9.50. The maximum Gasteiger partial charge on any atom is 0.257 e. The number of fused-ring (bicyclic) bond motifs is 1. The Balaban J connectivity index is 1.78. The summed E-state index contributed by atoms with van der Waals surface area (Å²) in [5.74, 6) is 2.49. The molecule has 1 N–H and O–H groups in total. The number of anilines is 1. The number of nitrogens with zero attached hydrogens (tertiary/aromatic N) is 2.